The van der Waals surface area contributed by atoms with Gasteiger partial charge in [0.05, 0.1) is 0 Å². The van der Waals surface area contributed by atoms with Crippen molar-refractivity contribution in [1.82, 2.24) is 0 Å². The minimum absolute atomic E-state index is 0.894. The van der Waals surface area contributed by atoms with E-state index in [1.165, 1.54) is 11.1 Å². The summed E-state index contributed by atoms with van der Waals surface area (Å²) in [6.45, 7) is 14.4. The topological polar surface area (TPSA) is 0 Å². The van der Waals surface area contributed by atoms with Crippen LogP contribution < -0.4 is 0 Å². The average molecular weight is 304 g/mol. The first-order chi connectivity index (χ1) is 11.0. The van der Waals surface area contributed by atoms with Gasteiger partial charge in [-0.3, -0.25) is 0 Å². The Balaban J connectivity index is 2.95. The largest absolute Gasteiger partial charge is 0.0961 e. The number of rotatable bonds is 8. The summed E-state index contributed by atoms with van der Waals surface area (Å²) in [6.07, 6.45) is 14.8. The lowest BCUT2D eigenvalue weighted by Crippen LogP contribution is -1.84. The molecule has 0 heterocycles. The first kappa shape index (κ1) is 18.7. The van der Waals surface area contributed by atoms with Crippen molar-refractivity contribution in [1.29, 1.82) is 0 Å². The third kappa shape index (κ3) is 7.46. The second-order valence-corrected chi connectivity index (χ2v) is 5.70. The second kappa shape index (κ2) is 10.4. The van der Waals surface area contributed by atoms with E-state index >= 15 is 0 Å². The highest BCUT2D eigenvalue weighted by Gasteiger charge is 1.97. The van der Waals surface area contributed by atoms with Crippen molar-refractivity contribution in [2.24, 2.45) is 0 Å². The lowest BCUT2D eigenvalue weighted by molar-refractivity contribution is 1.19. The molecule has 120 valence electrons. The smallest absolute Gasteiger partial charge is 0.00916 e. The van der Waals surface area contributed by atoms with Gasteiger partial charge in [0, 0.05) is 0 Å². The monoisotopic (exact) mass is 304 g/mol. The van der Waals surface area contributed by atoms with Crippen LogP contribution in [-0.2, 0) is 0 Å². The zero-order valence-corrected chi connectivity index (χ0v) is 14.7. The van der Waals surface area contributed by atoms with Crippen LogP contribution in [0.25, 0.3) is 5.57 Å². The third-order valence-corrected chi connectivity index (χ3v) is 3.48. The molecule has 0 saturated carbocycles. The Morgan fingerprint density at radius 3 is 2.22 bits per heavy atom. The Morgan fingerprint density at radius 2 is 1.61 bits per heavy atom. The Morgan fingerprint density at radius 1 is 0.913 bits per heavy atom. The van der Waals surface area contributed by atoms with Gasteiger partial charge in [0.15, 0.2) is 0 Å². The van der Waals surface area contributed by atoms with Gasteiger partial charge in [-0.1, -0.05) is 92.4 Å². The van der Waals surface area contributed by atoms with Gasteiger partial charge in [0.25, 0.3) is 0 Å². The van der Waals surface area contributed by atoms with Crippen LogP contribution in [-0.4, -0.2) is 0 Å². The molecule has 0 spiro atoms. The minimum atomic E-state index is 0.894. The number of benzene rings is 1. The van der Waals surface area contributed by atoms with Gasteiger partial charge >= 0.3 is 0 Å². The molecule has 1 aromatic carbocycles. The predicted molar refractivity (Wildman–Crippen MR) is 105 cm³/mol. The van der Waals surface area contributed by atoms with Crippen molar-refractivity contribution in [2.45, 2.75) is 33.6 Å². The quantitative estimate of drug-likeness (QED) is 0.451. The van der Waals surface area contributed by atoms with Crippen molar-refractivity contribution < 1.29 is 0 Å². The van der Waals surface area contributed by atoms with Crippen molar-refractivity contribution >= 4 is 5.57 Å². The fraction of sp³-hybridized carbons (Fsp3) is 0.217. The summed E-state index contributed by atoms with van der Waals surface area (Å²) in [7, 11) is 0. The Bertz CT molecular complexity index is 634. The SMILES string of the molecule is C=C(C)C=CCC(C=CC(=C)c1ccccc1)=C(C)C=CCC. The highest BCUT2D eigenvalue weighted by molar-refractivity contribution is 5.72. The number of hydrogen-bond acceptors (Lipinski definition) is 0. The molecular weight excluding hydrogens is 276 g/mol. The summed E-state index contributed by atoms with van der Waals surface area (Å²) < 4.78 is 0. The van der Waals surface area contributed by atoms with Crippen LogP contribution in [0.15, 0.2) is 96.7 Å². The molecule has 23 heavy (non-hydrogen) atoms. The molecule has 1 rings (SSSR count). The van der Waals surface area contributed by atoms with Crippen LogP contribution in [0.1, 0.15) is 39.2 Å². The van der Waals surface area contributed by atoms with Crippen LogP contribution in [0.3, 0.4) is 0 Å². The highest BCUT2D eigenvalue weighted by Crippen LogP contribution is 2.18. The van der Waals surface area contributed by atoms with Crippen LogP contribution in [0, 0.1) is 0 Å². The van der Waals surface area contributed by atoms with E-state index in [1.807, 2.05) is 25.1 Å². The van der Waals surface area contributed by atoms with Crippen molar-refractivity contribution in [3.63, 3.8) is 0 Å². The Kier molecular flexibility index (Phi) is 8.46. The van der Waals surface area contributed by atoms with E-state index in [-0.39, 0.29) is 0 Å². The van der Waals surface area contributed by atoms with Crippen LogP contribution >= 0.6 is 0 Å². The van der Waals surface area contributed by atoms with E-state index in [9.17, 15) is 0 Å². The van der Waals surface area contributed by atoms with E-state index < -0.39 is 0 Å². The maximum absolute atomic E-state index is 4.17. The van der Waals surface area contributed by atoms with Crippen LogP contribution in [0.4, 0.5) is 0 Å². The Hall–Kier alpha value is -2.34. The van der Waals surface area contributed by atoms with E-state index in [2.05, 4.69) is 75.6 Å². The molecule has 1 aromatic rings. The van der Waals surface area contributed by atoms with Crippen molar-refractivity contribution in [3.05, 3.63) is 102 Å². The summed E-state index contributed by atoms with van der Waals surface area (Å²) in [6, 6.07) is 10.3. The minimum Gasteiger partial charge on any atom is -0.0961 e. The molecule has 0 atom stereocenters. The lowest BCUT2D eigenvalue weighted by Gasteiger charge is -2.05. The molecule has 0 aliphatic heterocycles. The fourth-order valence-electron chi connectivity index (χ4n) is 2.10. The maximum atomic E-state index is 4.17. The molecule has 0 saturated heterocycles. The second-order valence-electron chi connectivity index (χ2n) is 5.70. The van der Waals surface area contributed by atoms with Gasteiger partial charge in [-0.2, -0.15) is 0 Å². The van der Waals surface area contributed by atoms with Crippen LogP contribution in [0.5, 0.6) is 0 Å². The molecule has 0 radical (unpaired) electrons. The summed E-state index contributed by atoms with van der Waals surface area (Å²) in [4.78, 5) is 0. The summed E-state index contributed by atoms with van der Waals surface area (Å²) in [5, 5.41) is 0. The molecule has 0 nitrogen and oxygen atoms in total. The molecule has 0 aliphatic carbocycles. The molecule has 0 fully saturated rings. The van der Waals surface area contributed by atoms with E-state index in [0.717, 1.165) is 29.6 Å². The van der Waals surface area contributed by atoms with E-state index in [0.29, 0.717) is 0 Å². The third-order valence-electron chi connectivity index (χ3n) is 3.48. The maximum Gasteiger partial charge on any atom is -0.00916 e. The van der Waals surface area contributed by atoms with Gasteiger partial charge in [0.1, 0.15) is 0 Å². The normalized spacial score (nSPS) is 13.0. The van der Waals surface area contributed by atoms with Gasteiger partial charge in [0.2, 0.25) is 0 Å². The van der Waals surface area contributed by atoms with Gasteiger partial charge in [-0.25, -0.2) is 0 Å². The summed E-state index contributed by atoms with van der Waals surface area (Å²) in [5.41, 5.74) is 5.84. The molecule has 0 aliphatic rings. The summed E-state index contributed by atoms with van der Waals surface area (Å²) in [5.74, 6) is 0. The molecule has 0 unspecified atom stereocenters. The lowest BCUT2D eigenvalue weighted by atomic mass is 10.0. The molecule has 0 bridgehead atoms. The number of allylic oxidation sites excluding steroid dienone is 10. The molecule has 0 aromatic heterocycles. The van der Waals surface area contributed by atoms with E-state index in [4.69, 9.17) is 0 Å². The Labute approximate surface area is 141 Å². The van der Waals surface area contributed by atoms with Crippen molar-refractivity contribution in [3.8, 4) is 0 Å². The zero-order chi connectivity index (χ0) is 17.1. The first-order valence-corrected chi connectivity index (χ1v) is 8.15. The summed E-state index contributed by atoms with van der Waals surface area (Å²) >= 11 is 0. The molecule has 0 heteroatoms. The predicted octanol–water partition coefficient (Wildman–Crippen LogP) is 7.06. The first-order valence-electron chi connectivity index (χ1n) is 8.15. The van der Waals surface area contributed by atoms with Gasteiger partial charge in [-0.05, 0) is 49.0 Å². The van der Waals surface area contributed by atoms with Crippen molar-refractivity contribution in [2.75, 3.05) is 0 Å². The van der Waals surface area contributed by atoms with E-state index in [1.54, 1.807) is 0 Å². The highest BCUT2D eigenvalue weighted by atomic mass is 14.0. The molecule has 0 amide bonds. The average Bonchev–Trinajstić information content (AvgIpc) is 2.55. The number of hydrogen-bond donors (Lipinski definition) is 0. The van der Waals surface area contributed by atoms with Crippen LogP contribution in [0.2, 0.25) is 0 Å². The standard InChI is InChI=1S/C23H28/c1-6-7-13-20(4)23(16-11-12-19(2)3)18-17-21(5)22-14-9-8-10-15-22/h7-15,17-18H,2,5-6,16H2,1,3-4H3. The van der Waals surface area contributed by atoms with Gasteiger partial charge < -0.3 is 0 Å². The molecule has 0 N–H and O–H groups in total. The zero-order valence-electron chi connectivity index (χ0n) is 14.7. The molecular formula is C23H28. The fourth-order valence-corrected chi connectivity index (χ4v) is 2.10. The van der Waals surface area contributed by atoms with Gasteiger partial charge in [-0.15, -0.1) is 0 Å².